The van der Waals surface area contributed by atoms with Crippen molar-refractivity contribution in [1.29, 1.82) is 0 Å². The average molecular weight is 445 g/mol. The number of benzene rings is 3. The molecular weight excluding hydrogens is 424 g/mol. The van der Waals surface area contributed by atoms with Gasteiger partial charge in [0.2, 0.25) is 0 Å². The molecule has 1 saturated heterocycles. The second-order valence-corrected chi connectivity index (χ2v) is 8.08. The first kappa shape index (κ1) is 21.4. The molecule has 3 aromatic carbocycles. The number of carboxylic acid groups (broad SMARTS) is 1. The lowest BCUT2D eigenvalue weighted by Crippen LogP contribution is -2.23. The molecular formula is C25H20N2O4S. The predicted octanol–water partition coefficient (Wildman–Crippen LogP) is 5.29. The van der Waals surface area contributed by atoms with Gasteiger partial charge in [0.05, 0.1) is 23.3 Å². The highest BCUT2D eigenvalue weighted by Crippen LogP contribution is 2.34. The minimum atomic E-state index is -0.956. The number of nitrogens with zero attached hydrogens (tertiary/aromatic N) is 2. The summed E-state index contributed by atoms with van der Waals surface area (Å²) >= 11 is 1.32. The summed E-state index contributed by atoms with van der Waals surface area (Å²) in [6, 6.07) is 21.8. The summed E-state index contributed by atoms with van der Waals surface area (Å²) in [6.07, 6.45) is 1.84. The number of hydrogen-bond acceptors (Lipinski definition) is 5. The van der Waals surface area contributed by atoms with Gasteiger partial charge in [0, 0.05) is 7.05 Å². The Morgan fingerprint density at radius 1 is 1.03 bits per heavy atom. The lowest BCUT2D eigenvalue weighted by Gasteiger charge is -2.07. The van der Waals surface area contributed by atoms with Crippen molar-refractivity contribution in [3.8, 4) is 16.9 Å². The number of methoxy groups -OCH3 is 1. The van der Waals surface area contributed by atoms with Crippen LogP contribution in [0.2, 0.25) is 0 Å². The minimum Gasteiger partial charge on any atom is -0.497 e. The third kappa shape index (κ3) is 4.58. The Morgan fingerprint density at radius 2 is 1.75 bits per heavy atom. The Morgan fingerprint density at radius 3 is 2.41 bits per heavy atom. The van der Waals surface area contributed by atoms with Gasteiger partial charge in [-0.2, -0.15) is 0 Å². The first-order chi connectivity index (χ1) is 15.4. The summed E-state index contributed by atoms with van der Waals surface area (Å²) in [5, 5.41) is 9.68. The Balaban J connectivity index is 1.58. The number of carbonyl (C=O) groups is 2. The summed E-state index contributed by atoms with van der Waals surface area (Å²) in [6.45, 7) is 0. The normalized spacial score (nSPS) is 16.1. The molecule has 0 radical (unpaired) electrons. The van der Waals surface area contributed by atoms with Gasteiger partial charge in [-0.05, 0) is 77.0 Å². The fourth-order valence-corrected chi connectivity index (χ4v) is 4.17. The SMILES string of the molecule is COc1ccc(/N=C2/S/C(=C\c3cccc(-c4ccc(C(=O)O)cc4)c3)C(=O)N2C)cc1. The van der Waals surface area contributed by atoms with Crippen molar-refractivity contribution in [3.05, 3.63) is 88.8 Å². The lowest BCUT2D eigenvalue weighted by molar-refractivity contribution is -0.121. The van der Waals surface area contributed by atoms with E-state index in [1.807, 2.05) is 54.6 Å². The monoisotopic (exact) mass is 444 g/mol. The zero-order chi connectivity index (χ0) is 22.7. The van der Waals surface area contributed by atoms with E-state index < -0.39 is 5.97 Å². The zero-order valence-electron chi connectivity index (χ0n) is 17.5. The Bertz CT molecular complexity index is 1230. The first-order valence-electron chi connectivity index (χ1n) is 9.79. The highest BCUT2D eigenvalue weighted by Gasteiger charge is 2.30. The first-order valence-corrected chi connectivity index (χ1v) is 10.6. The third-order valence-electron chi connectivity index (χ3n) is 4.95. The molecule has 1 amide bonds. The topological polar surface area (TPSA) is 79.2 Å². The van der Waals surface area contributed by atoms with Gasteiger partial charge in [-0.25, -0.2) is 9.79 Å². The average Bonchev–Trinajstić information content (AvgIpc) is 3.07. The Labute approximate surface area is 189 Å². The van der Waals surface area contributed by atoms with Crippen LogP contribution in [0.25, 0.3) is 17.2 Å². The van der Waals surface area contributed by atoms with Crippen LogP contribution in [0.1, 0.15) is 15.9 Å². The van der Waals surface area contributed by atoms with Crippen LogP contribution in [0.3, 0.4) is 0 Å². The van der Waals surface area contributed by atoms with Crippen molar-refractivity contribution in [2.45, 2.75) is 0 Å². The van der Waals surface area contributed by atoms with Crippen molar-refractivity contribution >= 4 is 40.6 Å². The summed E-state index contributed by atoms with van der Waals surface area (Å²) in [4.78, 5) is 30.5. The van der Waals surface area contributed by atoms with Gasteiger partial charge in [-0.3, -0.25) is 9.69 Å². The fourth-order valence-electron chi connectivity index (χ4n) is 3.18. The molecule has 160 valence electrons. The van der Waals surface area contributed by atoms with Crippen LogP contribution in [-0.4, -0.2) is 41.2 Å². The van der Waals surface area contributed by atoms with Crippen molar-refractivity contribution in [2.24, 2.45) is 4.99 Å². The van der Waals surface area contributed by atoms with Gasteiger partial charge in [0.1, 0.15) is 5.75 Å². The second kappa shape index (κ2) is 9.11. The number of carboxylic acids is 1. The van der Waals surface area contributed by atoms with E-state index in [-0.39, 0.29) is 11.5 Å². The number of aromatic carboxylic acids is 1. The molecule has 1 heterocycles. The summed E-state index contributed by atoms with van der Waals surface area (Å²) in [5.41, 5.74) is 3.69. The highest BCUT2D eigenvalue weighted by atomic mass is 32.2. The van der Waals surface area contributed by atoms with Crippen LogP contribution in [0.4, 0.5) is 5.69 Å². The molecule has 0 aromatic heterocycles. The molecule has 6 nitrogen and oxygen atoms in total. The fraction of sp³-hybridized carbons (Fsp3) is 0.0800. The van der Waals surface area contributed by atoms with Crippen molar-refractivity contribution in [3.63, 3.8) is 0 Å². The van der Waals surface area contributed by atoms with E-state index in [0.29, 0.717) is 10.1 Å². The molecule has 32 heavy (non-hydrogen) atoms. The molecule has 0 atom stereocenters. The molecule has 0 aliphatic carbocycles. The minimum absolute atomic E-state index is 0.113. The lowest BCUT2D eigenvalue weighted by atomic mass is 10.0. The number of thioether (sulfide) groups is 1. The number of hydrogen-bond donors (Lipinski definition) is 1. The maximum absolute atomic E-state index is 12.7. The van der Waals surface area contributed by atoms with E-state index in [2.05, 4.69) is 4.99 Å². The number of amides is 1. The van der Waals surface area contributed by atoms with Crippen molar-refractivity contribution in [2.75, 3.05) is 14.2 Å². The summed E-state index contributed by atoms with van der Waals surface area (Å²) in [7, 11) is 3.32. The third-order valence-corrected chi connectivity index (χ3v) is 6.01. The van der Waals surface area contributed by atoms with Crippen LogP contribution in [-0.2, 0) is 4.79 Å². The van der Waals surface area contributed by atoms with Gasteiger partial charge in [0.15, 0.2) is 5.17 Å². The number of likely N-dealkylation sites (N-methyl/N-ethyl adjacent to an activating group) is 1. The van der Waals surface area contributed by atoms with Gasteiger partial charge < -0.3 is 9.84 Å². The molecule has 3 aromatic rings. The van der Waals surface area contributed by atoms with Crippen LogP contribution in [0, 0.1) is 0 Å². The van der Waals surface area contributed by atoms with Gasteiger partial charge in [-0.15, -0.1) is 0 Å². The second-order valence-electron chi connectivity index (χ2n) is 7.08. The van der Waals surface area contributed by atoms with Gasteiger partial charge in [0.25, 0.3) is 5.91 Å². The van der Waals surface area contributed by atoms with E-state index in [0.717, 1.165) is 28.1 Å². The van der Waals surface area contributed by atoms with E-state index in [4.69, 9.17) is 9.84 Å². The standard InChI is InChI=1S/C25H20N2O4S/c1-27-23(28)22(32-25(27)26-20-10-12-21(31-2)13-11-20)15-16-4-3-5-19(14-16)17-6-8-18(9-7-17)24(29)30/h3-15H,1-2H3,(H,29,30)/b22-15-,26-25+. The molecule has 1 aliphatic rings. The van der Waals surface area contributed by atoms with Crippen LogP contribution < -0.4 is 4.74 Å². The summed E-state index contributed by atoms with van der Waals surface area (Å²) < 4.78 is 5.17. The molecule has 1 fully saturated rings. The molecule has 0 bridgehead atoms. The highest BCUT2D eigenvalue weighted by molar-refractivity contribution is 8.18. The number of amidine groups is 1. The Hall–Kier alpha value is -3.84. The quantitative estimate of drug-likeness (QED) is 0.541. The number of ether oxygens (including phenoxy) is 1. The molecule has 1 N–H and O–H groups in total. The Kier molecular flexibility index (Phi) is 6.09. The van der Waals surface area contributed by atoms with Gasteiger partial charge >= 0.3 is 5.97 Å². The van der Waals surface area contributed by atoms with E-state index in [9.17, 15) is 9.59 Å². The number of carbonyl (C=O) groups excluding carboxylic acids is 1. The van der Waals surface area contributed by atoms with Gasteiger partial charge in [-0.1, -0.05) is 30.3 Å². The number of rotatable bonds is 5. The van der Waals surface area contributed by atoms with Crippen molar-refractivity contribution in [1.82, 2.24) is 4.90 Å². The molecule has 0 unspecified atom stereocenters. The molecule has 7 heteroatoms. The molecule has 1 aliphatic heterocycles. The van der Waals surface area contributed by atoms with E-state index in [1.54, 1.807) is 38.4 Å². The smallest absolute Gasteiger partial charge is 0.335 e. The largest absolute Gasteiger partial charge is 0.497 e. The maximum atomic E-state index is 12.7. The van der Waals surface area contributed by atoms with Crippen molar-refractivity contribution < 1.29 is 19.4 Å². The number of aliphatic imine (C=N–C) groups is 1. The van der Waals surface area contributed by atoms with Crippen LogP contribution in [0.5, 0.6) is 5.75 Å². The maximum Gasteiger partial charge on any atom is 0.335 e. The molecule has 4 rings (SSSR count). The van der Waals surface area contributed by atoms with E-state index in [1.165, 1.54) is 16.7 Å². The van der Waals surface area contributed by atoms with E-state index >= 15 is 0 Å². The summed E-state index contributed by atoms with van der Waals surface area (Å²) in [5.74, 6) is -0.322. The molecule has 0 saturated carbocycles. The predicted molar refractivity (Wildman–Crippen MR) is 127 cm³/mol. The van der Waals surface area contributed by atoms with Crippen LogP contribution >= 0.6 is 11.8 Å². The zero-order valence-corrected chi connectivity index (χ0v) is 18.3. The van der Waals surface area contributed by atoms with Crippen LogP contribution in [0.15, 0.2) is 82.7 Å². The molecule has 0 spiro atoms.